The minimum absolute atomic E-state index is 0.0829. The molecule has 0 aliphatic heterocycles. The first-order valence-corrected chi connectivity index (χ1v) is 10.1. The van der Waals surface area contributed by atoms with Gasteiger partial charge in [-0.2, -0.15) is 13.9 Å². The third-order valence-electron chi connectivity index (χ3n) is 5.03. The summed E-state index contributed by atoms with van der Waals surface area (Å²) in [7, 11) is 3.16. The van der Waals surface area contributed by atoms with Gasteiger partial charge in [0.05, 0.1) is 18.5 Å². The standard InChI is InChI=1S/C23H27F2N5O2/c1-15-20(16(2)30(29-15)18-8-6-5-7-9-18)14-28-23(26-3)27-13-17-12-19(31-4)10-11-21(17)32-22(24)25/h5-12,22H,13-14H2,1-4H3,(H2,26,27,28). The highest BCUT2D eigenvalue weighted by atomic mass is 19.3. The average molecular weight is 443 g/mol. The zero-order valence-electron chi connectivity index (χ0n) is 18.5. The van der Waals surface area contributed by atoms with Crippen LogP contribution in [0.15, 0.2) is 53.5 Å². The number of nitrogens with zero attached hydrogens (tertiary/aromatic N) is 3. The highest BCUT2D eigenvalue weighted by Crippen LogP contribution is 2.25. The number of aromatic nitrogens is 2. The van der Waals surface area contributed by atoms with Crippen LogP contribution in [0, 0.1) is 13.8 Å². The number of ether oxygens (including phenoxy) is 2. The summed E-state index contributed by atoms with van der Waals surface area (Å²) in [6.45, 7) is 1.79. The zero-order chi connectivity index (χ0) is 23.1. The topological polar surface area (TPSA) is 72.7 Å². The van der Waals surface area contributed by atoms with Crippen molar-refractivity contribution in [3.05, 3.63) is 71.0 Å². The first kappa shape index (κ1) is 23.1. The Balaban J connectivity index is 1.69. The molecule has 1 aromatic heterocycles. The molecular weight excluding hydrogens is 416 g/mol. The zero-order valence-corrected chi connectivity index (χ0v) is 18.5. The molecule has 0 atom stereocenters. The number of nitrogens with one attached hydrogen (secondary N) is 2. The van der Waals surface area contributed by atoms with Crippen LogP contribution in [0.5, 0.6) is 11.5 Å². The van der Waals surface area contributed by atoms with Crippen LogP contribution in [-0.4, -0.2) is 36.5 Å². The minimum Gasteiger partial charge on any atom is -0.497 e. The second-order valence-electron chi connectivity index (χ2n) is 7.03. The molecule has 0 amide bonds. The minimum atomic E-state index is -2.91. The lowest BCUT2D eigenvalue weighted by molar-refractivity contribution is -0.0505. The van der Waals surface area contributed by atoms with E-state index in [0.29, 0.717) is 23.8 Å². The maximum Gasteiger partial charge on any atom is 0.387 e. The lowest BCUT2D eigenvalue weighted by Crippen LogP contribution is -2.36. The molecule has 0 aliphatic rings. The molecule has 3 aromatic rings. The number of aliphatic imine (C=N–C) groups is 1. The van der Waals surface area contributed by atoms with Gasteiger partial charge < -0.3 is 20.1 Å². The molecule has 170 valence electrons. The molecule has 0 saturated heterocycles. The number of para-hydroxylation sites is 1. The van der Waals surface area contributed by atoms with Gasteiger partial charge in [0.25, 0.3) is 0 Å². The Labute approximate surface area is 186 Å². The molecule has 0 radical (unpaired) electrons. The molecule has 0 saturated carbocycles. The largest absolute Gasteiger partial charge is 0.497 e. The molecule has 7 nitrogen and oxygen atoms in total. The first-order valence-electron chi connectivity index (χ1n) is 10.1. The summed E-state index contributed by atoms with van der Waals surface area (Å²) >= 11 is 0. The highest BCUT2D eigenvalue weighted by Gasteiger charge is 2.14. The lowest BCUT2D eigenvalue weighted by Gasteiger charge is -2.15. The van der Waals surface area contributed by atoms with Crippen molar-refractivity contribution in [3.63, 3.8) is 0 Å². The van der Waals surface area contributed by atoms with Gasteiger partial charge >= 0.3 is 6.61 Å². The van der Waals surface area contributed by atoms with E-state index in [2.05, 4.69) is 25.5 Å². The molecule has 9 heteroatoms. The maximum atomic E-state index is 12.7. The second-order valence-corrected chi connectivity index (χ2v) is 7.03. The van der Waals surface area contributed by atoms with Gasteiger partial charge in [-0.3, -0.25) is 4.99 Å². The van der Waals surface area contributed by atoms with E-state index < -0.39 is 6.61 Å². The lowest BCUT2D eigenvalue weighted by atomic mass is 10.2. The van der Waals surface area contributed by atoms with Gasteiger partial charge in [0, 0.05) is 37.0 Å². The van der Waals surface area contributed by atoms with Crippen molar-refractivity contribution in [1.82, 2.24) is 20.4 Å². The molecular formula is C23H27F2N5O2. The molecule has 0 aliphatic carbocycles. The molecule has 0 bridgehead atoms. The summed E-state index contributed by atoms with van der Waals surface area (Å²) in [5.74, 6) is 1.15. The van der Waals surface area contributed by atoms with E-state index in [-0.39, 0.29) is 12.3 Å². The maximum absolute atomic E-state index is 12.7. The van der Waals surface area contributed by atoms with Gasteiger partial charge in [0.2, 0.25) is 0 Å². The van der Waals surface area contributed by atoms with Gasteiger partial charge in [0.15, 0.2) is 5.96 Å². The smallest absolute Gasteiger partial charge is 0.387 e. The highest BCUT2D eigenvalue weighted by molar-refractivity contribution is 5.79. The number of halogens is 2. The number of guanidine groups is 1. The fourth-order valence-electron chi connectivity index (χ4n) is 3.35. The Hall–Kier alpha value is -3.62. The van der Waals surface area contributed by atoms with Crippen molar-refractivity contribution >= 4 is 5.96 Å². The molecule has 0 unspecified atom stereocenters. The van der Waals surface area contributed by atoms with E-state index in [1.807, 2.05) is 48.9 Å². The van der Waals surface area contributed by atoms with Crippen LogP contribution in [0.1, 0.15) is 22.5 Å². The predicted octanol–water partition coefficient (Wildman–Crippen LogP) is 3.96. The number of alkyl halides is 2. The third-order valence-corrected chi connectivity index (χ3v) is 5.03. The molecule has 0 fully saturated rings. The Kier molecular flexibility index (Phi) is 7.64. The summed E-state index contributed by atoms with van der Waals surface area (Å²) < 4.78 is 37.2. The molecule has 0 spiro atoms. The molecule has 2 aromatic carbocycles. The Morgan fingerprint density at radius 3 is 2.47 bits per heavy atom. The monoisotopic (exact) mass is 443 g/mol. The third kappa shape index (κ3) is 5.54. The summed E-state index contributed by atoms with van der Waals surface area (Å²) in [4.78, 5) is 4.22. The number of hydrogen-bond acceptors (Lipinski definition) is 4. The van der Waals surface area contributed by atoms with Crippen LogP contribution in [0.2, 0.25) is 0 Å². The average Bonchev–Trinajstić information content (AvgIpc) is 3.08. The van der Waals surface area contributed by atoms with Gasteiger partial charge in [-0.1, -0.05) is 18.2 Å². The van der Waals surface area contributed by atoms with Crippen molar-refractivity contribution in [2.24, 2.45) is 4.99 Å². The molecule has 32 heavy (non-hydrogen) atoms. The van der Waals surface area contributed by atoms with E-state index in [9.17, 15) is 8.78 Å². The number of rotatable bonds is 8. The fourth-order valence-corrected chi connectivity index (χ4v) is 3.35. The van der Waals surface area contributed by atoms with Crippen molar-refractivity contribution in [1.29, 1.82) is 0 Å². The predicted molar refractivity (Wildman–Crippen MR) is 120 cm³/mol. The summed E-state index contributed by atoms with van der Waals surface area (Å²) in [5, 5.41) is 11.0. The van der Waals surface area contributed by atoms with Gasteiger partial charge in [-0.25, -0.2) is 4.68 Å². The van der Waals surface area contributed by atoms with E-state index in [1.54, 1.807) is 19.2 Å². The van der Waals surface area contributed by atoms with E-state index in [4.69, 9.17) is 4.74 Å². The van der Waals surface area contributed by atoms with Crippen molar-refractivity contribution in [3.8, 4) is 17.2 Å². The summed E-state index contributed by atoms with van der Waals surface area (Å²) in [5.41, 5.74) is 4.51. The van der Waals surface area contributed by atoms with Crippen LogP contribution in [0.25, 0.3) is 5.69 Å². The molecule has 2 N–H and O–H groups in total. The number of benzene rings is 2. The number of methoxy groups -OCH3 is 1. The van der Waals surface area contributed by atoms with Crippen LogP contribution in [-0.2, 0) is 13.1 Å². The Bertz CT molecular complexity index is 1070. The van der Waals surface area contributed by atoms with E-state index in [0.717, 1.165) is 22.6 Å². The van der Waals surface area contributed by atoms with E-state index in [1.165, 1.54) is 13.2 Å². The quantitative estimate of drug-likeness (QED) is 0.407. The van der Waals surface area contributed by atoms with Crippen LogP contribution >= 0.6 is 0 Å². The van der Waals surface area contributed by atoms with Crippen LogP contribution < -0.4 is 20.1 Å². The summed E-state index contributed by atoms with van der Waals surface area (Å²) in [6, 6.07) is 14.6. The first-order chi connectivity index (χ1) is 15.4. The van der Waals surface area contributed by atoms with Gasteiger partial charge in [-0.05, 0) is 44.2 Å². The van der Waals surface area contributed by atoms with Crippen LogP contribution in [0.4, 0.5) is 8.78 Å². The van der Waals surface area contributed by atoms with Crippen molar-refractivity contribution < 1.29 is 18.3 Å². The Morgan fingerprint density at radius 1 is 1.09 bits per heavy atom. The van der Waals surface area contributed by atoms with Crippen molar-refractivity contribution in [2.45, 2.75) is 33.5 Å². The molecule has 1 heterocycles. The normalized spacial score (nSPS) is 11.5. The summed E-state index contributed by atoms with van der Waals surface area (Å²) in [6.07, 6.45) is 0. The van der Waals surface area contributed by atoms with E-state index >= 15 is 0 Å². The number of hydrogen-bond donors (Lipinski definition) is 2. The van der Waals surface area contributed by atoms with Crippen LogP contribution in [0.3, 0.4) is 0 Å². The number of aryl methyl sites for hydroxylation is 1. The molecule has 3 rings (SSSR count). The SMILES string of the molecule is CN=C(NCc1cc(OC)ccc1OC(F)F)NCc1c(C)nn(-c2ccccc2)c1C. The van der Waals surface area contributed by atoms with Crippen molar-refractivity contribution in [2.75, 3.05) is 14.2 Å². The van der Waals surface area contributed by atoms with Gasteiger partial charge in [0.1, 0.15) is 11.5 Å². The Morgan fingerprint density at radius 2 is 1.81 bits per heavy atom. The second kappa shape index (κ2) is 10.6. The fraction of sp³-hybridized carbons (Fsp3) is 0.304. The van der Waals surface area contributed by atoms with Gasteiger partial charge in [-0.15, -0.1) is 0 Å².